The van der Waals surface area contributed by atoms with Crippen molar-refractivity contribution < 1.29 is 0 Å². The first-order valence-electron chi connectivity index (χ1n) is 6.53. The van der Waals surface area contributed by atoms with Crippen LogP contribution in [-0.4, -0.2) is 23.6 Å². The van der Waals surface area contributed by atoms with Gasteiger partial charge in [0.1, 0.15) is 17.5 Å². The van der Waals surface area contributed by atoms with Crippen LogP contribution in [0.3, 0.4) is 0 Å². The van der Waals surface area contributed by atoms with E-state index in [2.05, 4.69) is 51.4 Å². The Bertz CT molecular complexity index is 525. The summed E-state index contributed by atoms with van der Waals surface area (Å²) in [7, 11) is 2.05. The monoisotopic (exact) mass is 256 g/mol. The van der Waals surface area contributed by atoms with Crippen LogP contribution in [0.2, 0.25) is 0 Å². The zero-order valence-corrected chi connectivity index (χ0v) is 11.7. The average molecular weight is 256 g/mol. The highest BCUT2D eigenvalue weighted by Gasteiger charge is 2.06. The number of rotatable bonds is 5. The molecule has 2 rings (SSSR count). The summed E-state index contributed by atoms with van der Waals surface area (Å²) in [5.74, 6) is 2.60. The van der Waals surface area contributed by atoms with Gasteiger partial charge in [-0.2, -0.15) is 0 Å². The quantitative estimate of drug-likeness (QED) is 0.893. The molecular weight excluding hydrogens is 236 g/mol. The molecule has 0 saturated carbocycles. The van der Waals surface area contributed by atoms with Crippen molar-refractivity contribution in [2.24, 2.45) is 0 Å². The maximum absolute atomic E-state index is 4.49. The van der Waals surface area contributed by atoms with E-state index in [-0.39, 0.29) is 0 Å². The molecule has 100 valence electrons. The molecule has 0 amide bonds. The Morgan fingerprint density at radius 1 is 1.16 bits per heavy atom. The molecule has 1 N–H and O–H groups in total. The fraction of sp³-hybridized carbons (Fsp3) is 0.333. The molecule has 0 atom stereocenters. The lowest BCUT2D eigenvalue weighted by Gasteiger charge is -2.19. The topological polar surface area (TPSA) is 41.0 Å². The lowest BCUT2D eigenvalue weighted by molar-refractivity contribution is 0.879. The van der Waals surface area contributed by atoms with Crippen molar-refractivity contribution in [2.75, 3.05) is 23.8 Å². The third kappa shape index (κ3) is 3.68. The molecule has 1 heterocycles. The van der Waals surface area contributed by atoms with E-state index >= 15 is 0 Å². The van der Waals surface area contributed by atoms with E-state index in [0.29, 0.717) is 0 Å². The highest BCUT2D eigenvalue weighted by atomic mass is 15.2. The Morgan fingerprint density at radius 2 is 1.89 bits per heavy atom. The minimum atomic E-state index is 0.786. The Kier molecular flexibility index (Phi) is 4.34. The minimum Gasteiger partial charge on any atom is -0.370 e. The van der Waals surface area contributed by atoms with Gasteiger partial charge in [-0.3, -0.25) is 0 Å². The first-order chi connectivity index (χ1) is 9.19. The molecule has 0 aliphatic heterocycles. The zero-order valence-electron chi connectivity index (χ0n) is 11.7. The van der Waals surface area contributed by atoms with Crippen molar-refractivity contribution in [3.05, 3.63) is 47.8 Å². The van der Waals surface area contributed by atoms with E-state index in [0.717, 1.165) is 30.5 Å². The Morgan fingerprint density at radius 3 is 2.58 bits per heavy atom. The summed E-state index contributed by atoms with van der Waals surface area (Å²) in [5, 5.41) is 3.23. The molecule has 0 spiro atoms. The molecule has 1 aromatic heterocycles. The Hall–Kier alpha value is -2.10. The van der Waals surface area contributed by atoms with Crippen molar-refractivity contribution in [1.82, 2.24) is 9.97 Å². The molecule has 0 saturated heterocycles. The predicted octanol–water partition coefficient (Wildman–Crippen LogP) is 2.85. The van der Waals surface area contributed by atoms with Crippen LogP contribution in [0, 0.1) is 6.92 Å². The van der Waals surface area contributed by atoms with Gasteiger partial charge in [0.25, 0.3) is 0 Å². The maximum Gasteiger partial charge on any atom is 0.134 e. The van der Waals surface area contributed by atoms with Gasteiger partial charge in [0.2, 0.25) is 0 Å². The van der Waals surface area contributed by atoms with Crippen LogP contribution in [0.1, 0.15) is 18.3 Å². The van der Waals surface area contributed by atoms with Gasteiger partial charge in [0.05, 0.1) is 0 Å². The second kappa shape index (κ2) is 6.18. The second-order valence-corrected chi connectivity index (χ2v) is 4.53. The van der Waals surface area contributed by atoms with Gasteiger partial charge in [0.15, 0.2) is 0 Å². The molecule has 0 aliphatic carbocycles. The van der Waals surface area contributed by atoms with Crippen molar-refractivity contribution >= 4 is 11.6 Å². The van der Waals surface area contributed by atoms with Crippen molar-refractivity contribution in [1.29, 1.82) is 0 Å². The van der Waals surface area contributed by atoms with Crippen LogP contribution < -0.4 is 10.2 Å². The summed E-state index contributed by atoms with van der Waals surface area (Å²) in [6.45, 7) is 5.67. The molecule has 2 aromatic rings. The van der Waals surface area contributed by atoms with Gasteiger partial charge < -0.3 is 10.2 Å². The number of aromatic nitrogens is 2. The maximum atomic E-state index is 4.49. The largest absolute Gasteiger partial charge is 0.370 e. The number of aryl methyl sites for hydroxylation is 1. The molecule has 0 radical (unpaired) electrons. The fourth-order valence-electron chi connectivity index (χ4n) is 1.96. The molecule has 4 nitrogen and oxygen atoms in total. The van der Waals surface area contributed by atoms with Gasteiger partial charge in [-0.15, -0.1) is 0 Å². The van der Waals surface area contributed by atoms with E-state index in [1.54, 1.807) is 0 Å². The summed E-state index contributed by atoms with van der Waals surface area (Å²) < 4.78 is 0. The van der Waals surface area contributed by atoms with Crippen LogP contribution >= 0.6 is 0 Å². The summed E-state index contributed by atoms with van der Waals surface area (Å²) in [6.07, 6.45) is 0. The van der Waals surface area contributed by atoms with E-state index in [1.165, 1.54) is 5.56 Å². The van der Waals surface area contributed by atoms with E-state index < -0.39 is 0 Å². The lowest BCUT2D eigenvalue weighted by atomic mass is 10.2. The Balaban J connectivity index is 2.16. The van der Waals surface area contributed by atoms with E-state index in [4.69, 9.17) is 0 Å². The van der Waals surface area contributed by atoms with Crippen LogP contribution in [0.5, 0.6) is 0 Å². The van der Waals surface area contributed by atoms with Gasteiger partial charge >= 0.3 is 0 Å². The lowest BCUT2D eigenvalue weighted by Crippen LogP contribution is -2.18. The fourth-order valence-corrected chi connectivity index (χ4v) is 1.96. The first kappa shape index (κ1) is 13.3. The highest BCUT2D eigenvalue weighted by Crippen LogP contribution is 2.16. The van der Waals surface area contributed by atoms with Gasteiger partial charge in [-0.25, -0.2) is 9.97 Å². The van der Waals surface area contributed by atoms with Gasteiger partial charge in [0, 0.05) is 26.2 Å². The average Bonchev–Trinajstić information content (AvgIpc) is 2.39. The van der Waals surface area contributed by atoms with Crippen LogP contribution in [0.25, 0.3) is 0 Å². The molecule has 4 heteroatoms. The number of hydrogen-bond donors (Lipinski definition) is 1. The van der Waals surface area contributed by atoms with E-state index in [1.807, 2.05) is 26.1 Å². The van der Waals surface area contributed by atoms with Crippen molar-refractivity contribution in [3.8, 4) is 0 Å². The zero-order chi connectivity index (χ0) is 13.7. The number of nitrogens with one attached hydrogen (secondary N) is 1. The highest BCUT2D eigenvalue weighted by molar-refractivity contribution is 5.49. The number of benzene rings is 1. The molecule has 0 fully saturated rings. The predicted molar refractivity (Wildman–Crippen MR) is 79.5 cm³/mol. The van der Waals surface area contributed by atoms with Gasteiger partial charge in [-0.1, -0.05) is 30.3 Å². The summed E-state index contributed by atoms with van der Waals surface area (Å²) in [6, 6.07) is 12.4. The van der Waals surface area contributed by atoms with Crippen LogP contribution in [0.4, 0.5) is 11.6 Å². The molecular formula is C15H20N4. The number of nitrogens with zero attached hydrogens (tertiary/aromatic N) is 3. The third-order valence-electron chi connectivity index (χ3n) is 2.84. The van der Waals surface area contributed by atoms with E-state index in [9.17, 15) is 0 Å². The molecule has 19 heavy (non-hydrogen) atoms. The van der Waals surface area contributed by atoms with Crippen LogP contribution in [0.15, 0.2) is 36.4 Å². The molecule has 0 bridgehead atoms. The number of hydrogen-bond acceptors (Lipinski definition) is 4. The molecule has 1 aromatic carbocycles. The van der Waals surface area contributed by atoms with Crippen molar-refractivity contribution in [3.63, 3.8) is 0 Å². The summed E-state index contributed by atoms with van der Waals surface area (Å²) in [4.78, 5) is 11.0. The molecule has 0 unspecified atom stereocenters. The van der Waals surface area contributed by atoms with Crippen LogP contribution in [-0.2, 0) is 6.54 Å². The van der Waals surface area contributed by atoms with Gasteiger partial charge in [-0.05, 0) is 19.4 Å². The minimum absolute atomic E-state index is 0.786. The Labute approximate surface area is 114 Å². The summed E-state index contributed by atoms with van der Waals surface area (Å²) >= 11 is 0. The third-order valence-corrected chi connectivity index (χ3v) is 2.84. The second-order valence-electron chi connectivity index (χ2n) is 4.53. The summed E-state index contributed by atoms with van der Waals surface area (Å²) in [5.41, 5.74) is 1.27. The standard InChI is InChI=1S/C15H20N4/c1-4-16-14-10-15(18-12(2)17-14)19(3)11-13-8-6-5-7-9-13/h5-10H,4,11H2,1-3H3,(H,16,17,18). The first-order valence-corrected chi connectivity index (χ1v) is 6.53. The number of anilines is 2. The normalized spacial score (nSPS) is 10.3. The smallest absolute Gasteiger partial charge is 0.134 e. The molecule has 0 aliphatic rings. The SMILES string of the molecule is CCNc1cc(N(C)Cc2ccccc2)nc(C)n1. The van der Waals surface area contributed by atoms with Crippen molar-refractivity contribution in [2.45, 2.75) is 20.4 Å².